The maximum Gasteiger partial charge on any atom is 0.0713 e. The van der Waals surface area contributed by atoms with Gasteiger partial charge < -0.3 is 0 Å². The number of hydrogen-bond acceptors (Lipinski definition) is 0. The Morgan fingerprint density at radius 2 is 0.635 bits per heavy atom. The van der Waals surface area contributed by atoms with Gasteiger partial charge in [0.05, 0.1) is 5.41 Å². The Morgan fingerprint density at radius 3 is 1.06 bits per heavy atom. The third-order valence-electron chi connectivity index (χ3n) is 11.6. The molecule has 10 aromatic rings. The minimum Gasteiger partial charge on any atom is -0.0622 e. The van der Waals surface area contributed by atoms with E-state index in [0.29, 0.717) is 0 Å². The molecule has 0 spiro atoms. The molecule has 1 aliphatic rings. The second kappa shape index (κ2) is 21.0. The van der Waals surface area contributed by atoms with Crippen molar-refractivity contribution in [1.82, 2.24) is 0 Å². The smallest absolute Gasteiger partial charge is 0.0622 e. The quantitative estimate of drug-likeness (QED) is 0.163. The summed E-state index contributed by atoms with van der Waals surface area (Å²) in [5.41, 5.74) is 15.9. The summed E-state index contributed by atoms with van der Waals surface area (Å²) in [4.78, 5) is 0. The van der Waals surface area contributed by atoms with E-state index in [1.54, 1.807) is 0 Å². The van der Waals surface area contributed by atoms with Crippen LogP contribution in [0.1, 0.15) is 55.6 Å². The van der Waals surface area contributed by atoms with Crippen LogP contribution in [0.4, 0.5) is 0 Å². The van der Waals surface area contributed by atoms with Gasteiger partial charge in [-0.25, -0.2) is 0 Å². The van der Waals surface area contributed by atoms with E-state index in [-0.39, 0.29) is 5.41 Å². The lowest BCUT2D eigenvalue weighted by Gasteiger charge is -2.34. The highest BCUT2D eigenvalue weighted by atomic mass is 14.5. The highest BCUT2D eigenvalue weighted by Crippen LogP contribution is 2.57. The molecule has 0 heteroatoms. The summed E-state index contributed by atoms with van der Waals surface area (Å²) in [5.74, 6) is 0. The minimum atomic E-state index is -0.273. The maximum atomic E-state index is 2.39. The summed E-state index contributed by atoms with van der Waals surface area (Å²) in [7, 11) is 0. The zero-order valence-corrected chi connectivity index (χ0v) is 37.6. The van der Waals surface area contributed by atoms with Crippen molar-refractivity contribution in [3.05, 3.63) is 298 Å². The fraction of sp³-hybridized carbons (Fsp3) is 0.111. The molecule has 0 atom stereocenters. The number of hydrogen-bond donors (Lipinski definition) is 0. The molecule has 0 fully saturated rings. The Balaban J connectivity index is 0.000000136. The van der Waals surface area contributed by atoms with Gasteiger partial charge in [-0.3, -0.25) is 0 Å². The van der Waals surface area contributed by atoms with Crippen molar-refractivity contribution in [2.45, 2.75) is 47.0 Å². The van der Waals surface area contributed by atoms with Gasteiger partial charge in [-0.05, 0) is 102 Å². The average Bonchev–Trinajstić information content (AvgIpc) is 3.62. The van der Waals surface area contributed by atoms with E-state index >= 15 is 0 Å². The highest BCUT2D eigenvalue weighted by Gasteiger charge is 2.46. The SMILES string of the molecule is Cc1cc(C)c2c(c1)C(c1ccccc1)(c1ccccc1)c1ccccc1-2.Cc1ccc2ccccc2c1.Cc1ccc2ccccc2c1.Cc1ccccc1.Cc1ccccc1. The van der Waals surface area contributed by atoms with Crippen LogP contribution in [0.25, 0.3) is 32.7 Å². The molecule has 0 aliphatic heterocycles. The van der Waals surface area contributed by atoms with E-state index < -0.39 is 0 Å². The van der Waals surface area contributed by atoms with Gasteiger partial charge in [0.1, 0.15) is 0 Å². The fourth-order valence-corrected chi connectivity index (χ4v) is 8.65. The van der Waals surface area contributed by atoms with E-state index in [9.17, 15) is 0 Å². The second-order valence-corrected chi connectivity index (χ2v) is 16.5. The molecule has 1 aliphatic carbocycles. The fourth-order valence-electron chi connectivity index (χ4n) is 8.65. The zero-order chi connectivity index (χ0) is 44.0. The van der Waals surface area contributed by atoms with E-state index in [4.69, 9.17) is 0 Å². The average molecular weight is 815 g/mol. The van der Waals surface area contributed by atoms with Crippen LogP contribution in [0.2, 0.25) is 0 Å². The van der Waals surface area contributed by atoms with Gasteiger partial charge in [0.25, 0.3) is 0 Å². The third-order valence-corrected chi connectivity index (χ3v) is 11.6. The lowest BCUT2D eigenvalue weighted by Crippen LogP contribution is -2.28. The van der Waals surface area contributed by atoms with Crippen molar-refractivity contribution in [3.8, 4) is 11.1 Å². The standard InChI is InChI=1S/C27H22.2C11H10.2C7H8/c1-19-17-20(2)26-23-15-9-10-16-24(23)27(25(26)18-19,21-11-5-3-6-12-21)22-13-7-4-8-14-22;2*1-9-6-7-10-4-2-3-5-11(10)8-9;2*1-7-5-3-2-4-6-7/h3-18H,1-2H3;2*2-8H,1H3;2*2-6H,1H3. The van der Waals surface area contributed by atoms with Crippen LogP contribution in [0, 0.1) is 41.5 Å². The first-order chi connectivity index (χ1) is 30.7. The largest absolute Gasteiger partial charge is 0.0713 e. The van der Waals surface area contributed by atoms with E-state index in [1.165, 1.54) is 88.3 Å². The van der Waals surface area contributed by atoms with E-state index in [1.807, 2.05) is 36.4 Å². The van der Waals surface area contributed by atoms with Gasteiger partial charge in [0.2, 0.25) is 0 Å². The molecule has 310 valence electrons. The molecule has 0 N–H and O–H groups in total. The molecule has 0 amide bonds. The van der Waals surface area contributed by atoms with Crippen LogP contribution < -0.4 is 0 Å². The normalized spacial score (nSPS) is 11.5. The number of benzene rings is 10. The molecule has 63 heavy (non-hydrogen) atoms. The Hall–Kier alpha value is -7.28. The summed E-state index contributed by atoms with van der Waals surface area (Å²) < 4.78 is 0. The van der Waals surface area contributed by atoms with E-state index in [0.717, 1.165) is 0 Å². The summed E-state index contributed by atoms with van der Waals surface area (Å²) >= 11 is 0. The topological polar surface area (TPSA) is 0 Å². The van der Waals surface area contributed by atoms with Crippen molar-refractivity contribution < 1.29 is 0 Å². The summed E-state index contributed by atoms with van der Waals surface area (Å²) in [6.07, 6.45) is 0. The maximum absolute atomic E-state index is 2.39. The van der Waals surface area contributed by atoms with Gasteiger partial charge in [-0.1, -0.05) is 270 Å². The van der Waals surface area contributed by atoms with Crippen LogP contribution in [0.3, 0.4) is 0 Å². The Labute approximate surface area is 376 Å². The molecule has 0 aromatic heterocycles. The number of aryl methyl sites for hydroxylation is 6. The van der Waals surface area contributed by atoms with Crippen molar-refractivity contribution in [2.24, 2.45) is 0 Å². The van der Waals surface area contributed by atoms with Crippen molar-refractivity contribution >= 4 is 21.5 Å². The Bertz CT molecular complexity index is 2830. The molecule has 0 nitrogen and oxygen atoms in total. The van der Waals surface area contributed by atoms with Gasteiger partial charge in [0, 0.05) is 0 Å². The molecule has 0 radical (unpaired) electrons. The first-order valence-corrected chi connectivity index (χ1v) is 22.0. The van der Waals surface area contributed by atoms with Gasteiger partial charge >= 0.3 is 0 Å². The second-order valence-electron chi connectivity index (χ2n) is 16.5. The molecule has 0 unspecified atom stereocenters. The lowest BCUT2D eigenvalue weighted by atomic mass is 9.67. The first kappa shape index (κ1) is 43.8. The number of fused-ring (bicyclic) bond motifs is 5. The Kier molecular flexibility index (Phi) is 14.6. The van der Waals surface area contributed by atoms with Crippen molar-refractivity contribution in [2.75, 3.05) is 0 Å². The Morgan fingerprint density at radius 1 is 0.254 bits per heavy atom. The number of rotatable bonds is 2. The zero-order valence-electron chi connectivity index (χ0n) is 37.6. The van der Waals surface area contributed by atoms with Crippen LogP contribution in [-0.2, 0) is 5.41 Å². The molecular formula is C63H58. The van der Waals surface area contributed by atoms with Crippen LogP contribution >= 0.6 is 0 Å². The molecule has 0 heterocycles. The van der Waals surface area contributed by atoms with Crippen LogP contribution in [-0.4, -0.2) is 0 Å². The molecule has 0 saturated heterocycles. The van der Waals surface area contributed by atoms with Crippen molar-refractivity contribution in [3.63, 3.8) is 0 Å². The third kappa shape index (κ3) is 10.6. The minimum absolute atomic E-state index is 0.273. The monoisotopic (exact) mass is 814 g/mol. The van der Waals surface area contributed by atoms with Gasteiger partial charge in [-0.15, -0.1) is 0 Å². The highest BCUT2D eigenvalue weighted by molar-refractivity contribution is 5.88. The predicted molar refractivity (Wildman–Crippen MR) is 273 cm³/mol. The molecule has 10 aromatic carbocycles. The summed E-state index contributed by atoms with van der Waals surface area (Å²) in [6, 6.07) is 85.9. The summed E-state index contributed by atoms with van der Waals surface area (Å²) in [6.45, 7) is 12.9. The summed E-state index contributed by atoms with van der Waals surface area (Å²) in [5, 5.41) is 5.29. The first-order valence-electron chi connectivity index (χ1n) is 22.0. The molecule has 0 saturated carbocycles. The lowest BCUT2D eigenvalue weighted by molar-refractivity contribution is 0.767. The molecular weight excluding hydrogens is 757 g/mol. The van der Waals surface area contributed by atoms with Crippen LogP contribution in [0.15, 0.2) is 243 Å². The van der Waals surface area contributed by atoms with Gasteiger partial charge in [-0.2, -0.15) is 0 Å². The predicted octanol–water partition coefficient (Wildman–Crippen LogP) is 17.0. The molecule has 11 rings (SSSR count). The van der Waals surface area contributed by atoms with Crippen molar-refractivity contribution in [1.29, 1.82) is 0 Å². The van der Waals surface area contributed by atoms with Crippen LogP contribution in [0.5, 0.6) is 0 Å². The van der Waals surface area contributed by atoms with E-state index in [2.05, 4.69) is 248 Å². The molecule has 0 bridgehead atoms. The van der Waals surface area contributed by atoms with Gasteiger partial charge in [0.15, 0.2) is 0 Å².